The molecule has 1 aliphatic rings. The van der Waals surface area contributed by atoms with Gasteiger partial charge in [0.2, 0.25) is 0 Å². The monoisotopic (exact) mass is 253 g/mol. The number of benzene rings is 1. The molecule has 1 heterocycles. The number of aliphatic carboxylic acids is 1. The Balaban J connectivity index is 2.19. The Bertz CT molecular complexity index is 444. The molecular weight excluding hydrogens is 242 g/mol. The van der Waals surface area contributed by atoms with E-state index < -0.39 is 12.0 Å². The molecule has 0 aliphatic carbocycles. The lowest BCUT2D eigenvalue weighted by Gasteiger charge is -2.21. The first kappa shape index (κ1) is 11.9. The zero-order chi connectivity index (χ0) is 12.4. The van der Waals surface area contributed by atoms with Crippen LogP contribution in [0.15, 0.2) is 24.3 Å². The predicted octanol–water partition coefficient (Wildman–Crippen LogP) is 2.03. The number of carboxylic acid groups (broad SMARTS) is 1. The summed E-state index contributed by atoms with van der Waals surface area (Å²) in [6.07, 6.45) is 1.25. The Morgan fingerprint density at radius 2 is 1.94 bits per heavy atom. The molecule has 1 amide bonds. The number of likely N-dealkylation sites (tertiary alicyclic amines) is 1. The maximum Gasteiger partial charge on any atom is 0.326 e. The Morgan fingerprint density at radius 1 is 1.29 bits per heavy atom. The van der Waals surface area contributed by atoms with Crippen LogP contribution in [-0.2, 0) is 4.79 Å². The number of hydrogen-bond acceptors (Lipinski definition) is 2. The maximum absolute atomic E-state index is 12.1. The molecule has 1 fully saturated rings. The molecule has 5 heteroatoms. The number of carbonyl (C=O) groups excluding carboxylic acids is 1. The molecule has 4 nitrogen and oxygen atoms in total. The number of amides is 1. The summed E-state index contributed by atoms with van der Waals surface area (Å²) >= 11 is 5.74. The number of carboxylic acids is 1. The summed E-state index contributed by atoms with van der Waals surface area (Å²) in [5, 5.41) is 9.56. The van der Waals surface area contributed by atoms with Gasteiger partial charge in [0.1, 0.15) is 6.04 Å². The van der Waals surface area contributed by atoms with Gasteiger partial charge in [-0.05, 0) is 37.1 Å². The van der Waals surface area contributed by atoms with Crippen LogP contribution < -0.4 is 0 Å². The molecule has 1 aromatic carbocycles. The normalized spacial score (nSPS) is 19.4. The summed E-state index contributed by atoms with van der Waals surface area (Å²) in [6.45, 7) is 0.498. The Hall–Kier alpha value is -1.55. The van der Waals surface area contributed by atoms with Crippen molar-refractivity contribution in [1.29, 1.82) is 0 Å². The highest BCUT2D eigenvalue weighted by molar-refractivity contribution is 6.30. The minimum atomic E-state index is -0.940. The van der Waals surface area contributed by atoms with Gasteiger partial charge in [-0.1, -0.05) is 11.6 Å². The van der Waals surface area contributed by atoms with Gasteiger partial charge < -0.3 is 10.0 Å². The van der Waals surface area contributed by atoms with Gasteiger partial charge in [-0.3, -0.25) is 4.79 Å². The summed E-state index contributed by atoms with van der Waals surface area (Å²) in [6, 6.07) is 5.78. The third kappa shape index (κ3) is 2.42. The molecule has 0 spiro atoms. The molecule has 90 valence electrons. The van der Waals surface area contributed by atoms with Gasteiger partial charge in [0, 0.05) is 17.1 Å². The quantitative estimate of drug-likeness (QED) is 0.877. The van der Waals surface area contributed by atoms with E-state index in [4.69, 9.17) is 16.7 Å². The third-order valence-corrected chi connectivity index (χ3v) is 3.14. The van der Waals surface area contributed by atoms with Crippen molar-refractivity contribution < 1.29 is 14.7 Å². The molecule has 0 bridgehead atoms. The fraction of sp³-hybridized carbons (Fsp3) is 0.333. The topological polar surface area (TPSA) is 57.6 Å². The minimum Gasteiger partial charge on any atom is -0.480 e. The summed E-state index contributed by atoms with van der Waals surface area (Å²) in [4.78, 5) is 24.5. The van der Waals surface area contributed by atoms with E-state index in [-0.39, 0.29) is 5.91 Å². The molecule has 1 aromatic rings. The molecule has 1 saturated heterocycles. The second kappa shape index (κ2) is 4.75. The maximum atomic E-state index is 12.1. The molecule has 1 N–H and O–H groups in total. The number of carbonyl (C=O) groups is 2. The summed E-state index contributed by atoms with van der Waals surface area (Å²) < 4.78 is 0. The Kier molecular flexibility index (Phi) is 3.33. The number of hydrogen-bond donors (Lipinski definition) is 1. The molecule has 0 saturated carbocycles. The molecule has 2 rings (SSSR count). The van der Waals surface area contributed by atoms with E-state index in [9.17, 15) is 9.59 Å². The highest BCUT2D eigenvalue weighted by atomic mass is 35.5. The Morgan fingerprint density at radius 3 is 2.53 bits per heavy atom. The van der Waals surface area contributed by atoms with E-state index in [1.54, 1.807) is 24.3 Å². The van der Waals surface area contributed by atoms with Crippen LogP contribution in [0.25, 0.3) is 0 Å². The van der Waals surface area contributed by atoms with Crippen molar-refractivity contribution in [2.45, 2.75) is 18.9 Å². The van der Waals surface area contributed by atoms with Crippen molar-refractivity contribution in [2.24, 2.45) is 0 Å². The van der Waals surface area contributed by atoms with Crippen LogP contribution in [0.3, 0.4) is 0 Å². The van der Waals surface area contributed by atoms with E-state index in [2.05, 4.69) is 0 Å². The van der Waals surface area contributed by atoms with Crippen molar-refractivity contribution in [2.75, 3.05) is 6.54 Å². The van der Waals surface area contributed by atoms with Crippen LogP contribution in [0.2, 0.25) is 5.02 Å². The van der Waals surface area contributed by atoms with Crippen molar-refractivity contribution in [3.63, 3.8) is 0 Å². The van der Waals surface area contributed by atoms with Gasteiger partial charge in [-0.25, -0.2) is 4.79 Å². The minimum absolute atomic E-state index is 0.244. The standard InChI is InChI=1S/C12H12ClNO3/c13-9-5-3-8(4-6-9)11(15)14-7-1-2-10(14)12(16)17/h3-6,10H,1-2,7H2,(H,16,17)/t10-/m1/s1. The van der Waals surface area contributed by atoms with Crippen LogP contribution >= 0.6 is 11.6 Å². The lowest BCUT2D eigenvalue weighted by atomic mass is 10.1. The Labute approximate surface area is 104 Å². The first-order valence-electron chi connectivity index (χ1n) is 5.39. The van der Waals surface area contributed by atoms with E-state index in [1.807, 2.05) is 0 Å². The number of halogens is 1. The van der Waals surface area contributed by atoms with Gasteiger partial charge in [0.25, 0.3) is 5.91 Å². The highest BCUT2D eigenvalue weighted by Gasteiger charge is 2.34. The van der Waals surface area contributed by atoms with Crippen molar-refractivity contribution in [3.8, 4) is 0 Å². The van der Waals surface area contributed by atoms with Crippen LogP contribution in [-0.4, -0.2) is 34.5 Å². The van der Waals surface area contributed by atoms with Crippen LogP contribution in [0, 0.1) is 0 Å². The fourth-order valence-corrected chi connectivity index (χ4v) is 2.15. The van der Waals surface area contributed by atoms with Crippen molar-refractivity contribution in [3.05, 3.63) is 34.9 Å². The van der Waals surface area contributed by atoms with E-state index in [0.29, 0.717) is 23.6 Å². The lowest BCUT2D eigenvalue weighted by molar-refractivity contribution is -0.141. The molecule has 0 aromatic heterocycles. The van der Waals surface area contributed by atoms with E-state index in [0.717, 1.165) is 6.42 Å². The molecule has 17 heavy (non-hydrogen) atoms. The van der Waals surface area contributed by atoms with Gasteiger partial charge >= 0.3 is 5.97 Å². The second-order valence-electron chi connectivity index (χ2n) is 4.00. The first-order valence-corrected chi connectivity index (χ1v) is 5.77. The first-order chi connectivity index (χ1) is 8.09. The van der Waals surface area contributed by atoms with Gasteiger partial charge in [0.15, 0.2) is 0 Å². The number of rotatable bonds is 2. The third-order valence-electron chi connectivity index (χ3n) is 2.89. The van der Waals surface area contributed by atoms with Crippen molar-refractivity contribution >= 4 is 23.5 Å². The molecular formula is C12H12ClNO3. The fourth-order valence-electron chi connectivity index (χ4n) is 2.02. The average molecular weight is 254 g/mol. The predicted molar refractivity (Wildman–Crippen MR) is 63.1 cm³/mol. The number of nitrogens with zero attached hydrogens (tertiary/aromatic N) is 1. The summed E-state index contributed by atoms with van der Waals surface area (Å²) in [5.74, 6) is -1.18. The zero-order valence-electron chi connectivity index (χ0n) is 9.10. The van der Waals surface area contributed by atoms with E-state index >= 15 is 0 Å². The molecule has 1 aliphatic heterocycles. The van der Waals surface area contributed by atoms with Gasteiger partial charge in [-0.2, -0.15) is 0 Å². The smallest absolute Gasteiger partial charge is 0.326 e. The summed E-state index contributed by atoms with van der Waals surface area (Å²) in [7, 11) is 0. The zero-order valence-corrected chi connectivity index (χ0v) is 9.85. The lowest BCUT2D eigenvalue weighted by Crippen LogP contribution is -2.40. The van der Waals surface area contributed by atoms with Crippen LogP contribution in [0.5, 0.6) is 0 Å². The van der Waals surface area contributed by atoms with E-state index in [1.165, 1.54) is 4.90 Å². The van der Waals surface area contributed by atoms with Crippen LogP contribution in [0.4, 0.5) is 0 Å². The second-order valence-corrected chi connectivity index (χ2v) is 4.44. The van der Waals surface area contributed by atoms with Gasteiger partial charge in [-0.15, -0.1) is 0 Å². The highest BCUT2D eigenvalue weighted by Crippen LogP contribution is 2.21. The van der Waals surface area contributed by atoms with Gasteiger partial charge in [0.05, 0.1) is 0 Å². The average Bonchev–Trinajstić information content (AvgIpc) is 2.78. The largest absolute Gasteiger partial charge is 0.480 e. The molecule has 0 radical (unpaired) electrons. The molecule has 0 unspecified atom stereocenters. The van der Waals surface area contributed by atoms with Crippen LogP contribution in [0.1, 0.15) is 23.2 Å². The molecule has 1 atom stereocenters. The SMILES string of the molecule is O=C(O)[C@H]1CCCN1C(=O)c1ccc(Cl)cc1. The van der Waals surface area contributed by atoms with Crippen molar-refractivity contribution in [1.82, 2.24) is 4.90 Å². The summed E-state index contributed by atoms with van der Waals surface area (Å²) in [5.41, 5.74) is 0.475.